The Bertz CT molecular complexity index is 831. The van der Waals surface area contributed by atoms with Crippen LogP contribution in [-0.2, 0) is 10.5 Å². The van der Waals surface area contributed by atoms with Gasteiger partial charge >= 0.3 is 6.03 Å². The van der Waals surface area contributed by atoms with Crippen molar-refractivity contribution in [3.05, 3.63) is 48.3 Å². The molecule has 8 heteroatoms. The Balaban J connectivity index is 1.47. The van der Waals surface area contributed by atoms with Gasteiger partial charge in [-0.2, -0.15) is 0 Å². The maximum atomic E-state index is 12.2. The van der Waals surface area contributed by atoms with Gasteiger partial charge in [-0.15, -0.1) is 11.8 Å². The predicted octanol–water partition coefficient (Wildman–Crippen LogP) is 1.95. The maximum Gasteiger partial charge on any atom is 0.322 e. The molecule has 134 valence electrons. The molecule has 2 saturated heterocycles. The summed E-state index contributed by atoms with van der Waals surface area (Å²) in [5, 5.41) is 6.02. The van der Waals surface area contributed by atoms with Crippen LogP contribution in [0.25, 0.3) is 0 Å². The second kappa shape index (κ2) is 6.95. The van der Waals surface area contributed by atoms with E-state index in [0.29, 0.717) is 13.0 Å². The third-order valence-corrected chi connectivity index (χ3v) is 5.68. The van der Waals surface area contributed by atoms with E-state index in [2.05, 4.69) is 32.7 Å². The largest absolute Gasteiger partial charge is 0.354 e. The Labute approximate surface area is 155 Å². The van der Waals surface area contributed by atoms with E-state index in [-0.39, 0.29) is 5.91 Å². The Hall–Kier alpha value is -2.61. The highest BCUT2D eigenvalue weighted by molar-refractivity contribution is 7.98. The van der Waals surface area contributed by atoms with Gasteiger partial charge in [-0.25, -0.2) is 14.8 Å². The lowest BCUT2D eigenvalue weighted by Crippen LogP contribution is -2.58. The number of thioether (sulfide) groups is 1. The van der Waals surface area contributed by atoms with Crippen LogP contribution in [0.4, 0.5) is 10.6 Å². The van der Waals surface area contributed by atoms with E-state index in [9.17, 15) is 9.59 Å². The van der Waals surface area contributed by atoms with Gasteiger partial charge in [0, 0.05) is 18.4 Å². The molecule has 1 atom stereocenters. The summed E-state index contributed by atoms with van der Waals surface area (Å²) in [6.07, 6.45) is 3.00. The number of anilines is 1. The Kier molecular flexibility index (Phi) is 4.50. The number of nitrogens with zero attached hydrogens (tertiary/aromatic N) is 3. The van der Waals surface area contributed by atoms with Crippen molar-refractivity contribution in [2.45, 2.75) is 29.2 Å². The van der Waals surface area contributed by atoms with Crippen LogP contribution in [0.5, 0.6) is 0 Å². The lowest BCUT2D eigenvalue weighted by atomic mass is 9.89. The Morgan fingerprint density at radius 2 is 2.04 bits per heavy atom. The number of urea groups is 1. The van der Waals surface area contributed by atoms with Gasteiger partial charge in [-0.1, -0.05) is 30.3 Å². The third-order valence-electron chi connectivity index (χ3n) is 4.69. The molecular weight excluding hydrogens is 350 g/mol. The first-order valence-electron chi connectivity index (χ1n) is 8.52. The monoisotopic (exact) mass is 369 g/mol. The first kappa shape index (κ1) is 16.8. The molecule has 7 nitrogen and oxygen atoms in total. The summed E-state index contributed by atoms with van der Waals surface area (Å²) in [5.41, 5.74) is 0.386. The number of imide groups is 1. The number of benzene rings is 1. The van der Waals surface area contributed by atoms with Crippen LogP contribution in [0.1, 0.15) is 18.4 Å². The zero-order valence-electron chi connectivity index (χ0n) is 14.1. The molecule has 0 aliphatic carbocycles. The molecule has 0 bridgehead atoms. The number of piperidine rings is 1. The minimum absolute atomic E-state index is 0.250. The molecule has 1 aromatic heterocycles. The first-order chi connectivity index (χ1) is 12.6. The van der Waals surface area contributed by atoms with Crippen molar-refractivity contribution >= 4 is 29.5 Å². The number of carbonyl (C=O) groups is 2. The van der Waals surface area contributed by atoms with Crippen LogP contribution in [-0.4, -0.2) is 40.5 Å². The highest BCUT2D eigenvalue weighted by Crippen LogP contribution is 2.29. The molecule has 1 spiro atoms. The topological polar surface area (TPSA) is 87.2 Å². The van der Waals surface area contributed by atoms with Crippen LogP contribution < -0.4 is 15.5 Å². The number of hydrogen-bond donors (Lipinski definition) is 2. The van der Waals surface area contributed by atoms with Crippen molar-refractivity contribution in [3.63, 3.8) is 0 Å². The molecule has 1 unspecified atom stereocenters. The molecule has 4 rings (SSSR count). The van der Waals surface area contributed by atoms with Crippen LogP contribution in [0, 0.1) is 0 Å². The fourth-order valence-electron chi connectivity index (χ4n) is 3.38. The van der Waals surface area contributed by atoms with Crippen molar-refractivity contribution in [2.75, 3.05) is 18.0 Å². The molecule has 0 radical (unpaired) electrons. The fourth-order valence-corrected chi connectivity index (χ4v) is 4.20. The van der Waals surface area contributed by atoms with E-state index in [0.717, 1.165) is 29.6 Å². The molecule has 2 N–H and O–H groups in total. The molecule has 2 aromatic rings. The number of amides is 3. The Morgan fingerprint density at radius 3 is 2.81 bits per heavy atom. The summed E-state index contributed by atoms with van der Waals surface area (Å²) >= 11 is 1.65. The van der Waals surface area contributed by atoms with Crippen LogP contribution in [0.15, 0.2) is 47.8 Å². The van der Waals surface area contributed by atoms with E-state index in [1.165, 1.54) is 5.56 Å². The average Bonchev–Trinajstić information content (AvgIpc) is 2.93. The number of aromatic nitrogens is 2. The summed E-state index contributed by atoms with van der Waals surface area (Å²) < 4.78 is 0. The summed E-state index contributed by atoms with van der Waals surface area (Å²) in [6, 6.07) is 11.8. The molecule has 26 heavy (non-hydrogen) atoms. The standard InChI is InChI=1S/C18H19N5O2S/c24-16-18(22-17(25)21-16)7-4-8-23(11-18)14-9-15(20-12-19-14)26-10-13-5-2-1-3-6-13/h1-3,5-6,9,12H,4,7-8,10-11H2,(H2,21,22,24,25). The summed E-state index contributed by atoms with van der Waals surface area (Å²) in [7, 11) is 0. The average molecular weight is 369 g/mol. The van der Waals surface area contributed by atoms with Crippen molar-refractivity contribution < 1.29 is 9.59 Å². The Morgan fingerprint density at radius 1 is 1.19 bits per heavy atom. The minimum Gasteiger partial charge on any atom is -0.354 e. The highest BCUT2D eigenvalue weighted by atomic mass is 32.2. The third kappa shape index (κ3) is 3.37. The van der Waals surface area contributed by atoms with Crippen LogP contribution >= 0.6 is 11.8 Å². The number of carbonyl (C=O) groups excluding carboxylic acids is 2. The van der Waals surface area contributed by atoms with Crippen LogP contribution in [0.2, 0.25) is 0 Å². The van der Waals surface area contributed by atoms with Crippen molar-refractivity contribution in [1.82, 2.24) is 20.6 Å². The zero-order chi connectivity index (χ0) is 18.0. The quantitative estimate of drug-likeness (QED) is 0.487. The van der Waals surface area contributed by atoms with E-state index in [1.807, 2.05) is 29.2 Å². The van der Waals surface area contributed by atoms with Crippen molar-refractivity contribution in [3.8, 4) is 0 Å². The van der Waals surface area contributed by atoms with Gasteiger partial charge in [0.05, 0.1) is 6.54 Å². The molecule has 1 aromatic carbocycles. The van der Waals surface area contributed by atoms with Gasteiger partial charge in [0.15, 0.2) is 0 Å². The van der Waals surface area contributed by atoms with Gasteiger partial charge in [-0.05, 0) is 18.4 Å². The van der Waals surface area contributed by atoms with Gasteiger partial charge < -0.3 is 10.2 Å². The van der Waals surface area contributed by atoms with E-state index < -0.39 is 11.6 Å². The van der Waals surface area contributed by atoms with Gasteiger partial charge in [0.2, 0.25) is 0 Å². The van der Waals surface area contributed by atoms with Gasteiger partial charge in [-0.3, -0.25) is 10.1 Å². The normalized spacial score (nSPS) is 22.4. The maximum absolute atomic E-state index is 12.2. The lowest BCUT2D eigenvalue weighted by molar-refractivity contribution is -0.124. The summed E-state index contributed by atoms with van der Waals surface area (Å²) in [6.45, 7) is 1.22. The number of hydrogen-bond acceptors (Lipinski definition) is 6. The molecule has 0 saturated carbocycles. The van der Waals surface area contributed by atoms with Gasteiger partial charge in [0.25, 0.3) is 5.91 Å². The molecule has 2 fully saturated rings. The molecule has 2 aliphatic heterocycles. The first-order valence-corrected chi connectivity index (χ1v) is 9.51. The second-order valence-electron chi connectivity index (χ2n) is 6.50. The molecular formula is C18H19N5O2S. The predicted molar refractivity (Wildman–Crippen MR) is 98.9 cm³/mol. The van der Waals surface area contributed by atoms with E-state index in [4.69, 9.17) is 0 Å². The van der Waals surface area contributed by atoms with Crippen molar-refractivity contribution in [1.29, 1.82) is 0 Å². The van der Waals surface area contributed by atoms with Crippen LogP contribution in [0.3, 0.4) is 0 Å². The van der Waals surface area contributed by atoms with E-state index in [1.54, 1.807) is 18.1 Å². The fraction of sp³-hybridized carbons (Fsp3) is 0.333. The molecule has 3 amide bonds. The summed E-state index contributed by atoms with van der Waals surface area (Å²) in [4.78, 5) is 34.5. The number of nitrogens with one attached hydrogen (secondary N) is 2. The van der Waals surface area contributed by atoms with Gasteiger partial charge in [0.1, 0.15) is 22.7 Å². The number of rotatable bonds is 4. The second-order valence-corrected chi connectivity index (χ2v) is 7.50. The highest BCUT2D eigenvalue weighted by Gasteiger charge is 2.48. The van der Waals surface area contributed by atoms with E-state index >= 15 is 0 Å². The lowest BCUT2D eigenvalue weighted by Gasteiger charge is -2.38. The molecule has 3 heterocycles. The zero-order valence-corrected chi connectivity index (χ0v) is 15.0. The smallest absolute Gasteiger partial charge is 0.322 e. The molecule has 2 aliphatic rings. The summed E-state index contributed by atoms with van der Waals surface area (Å²) in [5.74, 6) is 1.36. The minimum atomic E-state index is -0.850. The van der Waals surface area contributed by atoms with Crippen molar-refractivity contribution in [2.24, 2.45) is 0 Å². The SMILES string of the molecule is O=C1NC(=O)C2(CCCN(c3cc(SCc4ccccc4)ncn3)C2)N1.